The highest BCUT2D eigenvalue weighted by Crippen LogP contribution is 2.15. The molecule has 0 aliphatic heterocycles. The largest absolute Gasteiger partial charge is 0.508 e. The highest BCUT2D eigenvalue weighted by Gasteiger charge is 1.93. The number of para-hydroxylation sites is 1. The second kappa shape index (κ2) is 8.08. The van der Waals surface area contributed by atoms with Crippen molar-refractivity contribution in [1.82, 2.24) is 0 Å². The van der Waals surface area contributed by atoms with Gasteiger partial charge in [-0.1, -0.05) is 30.4 Å². The summed E-state index contributed by atoms with van der Waals surface area (Å²) in [6, 6.07) is 7.27. The number of aromatic hydroxyl groups is 1. The molecule has 0 aliphatic carbocycles. The summed E-state index contributed by atoms with van der Waals surface area (Å²) in [5.74, 6) is 0.349. The zero-order valence-electron chi connectivity index (χ0n) is 8.32. The van der Waals surface area contributed by atoms with Gasteiger partial charge in [0.25, 0.3) is 0 Å². The standard InChI is InChI=1S/C9H10O.C3H7N/c1-2-5-8-6-3-4-7-9(8)10;1-2-3-4/h2-4,6-7,10H,1,5H2;2H,1,3-4H2. The van der Waals surface area contributed by atoms with Crippen LogP contribution >= 0.6 is 0 Å². The summed E-state index contributed by atoms with van der Waals surface area (Å²) in [7, 11) is 0. The Labute approximate surface area is 85.4 Å². The summed E-state index contributed by atoms with van der Waals surface area (Å²) in [5.41, 5.74) is 5.84. The third-order valence-electron chi connectivity index (χ3n) is 1.52. The molecule has 0 aromatic heterocycles. The summed E-state index contributed by atoms with van der Waals surface area (Å²) < 4.78 is 0. The van der Waals surface area contributed by atoms with E-state index < -0.39 is 0 Å². The van der Waals surface area contributed by atoms with E-state index >= 15 is 0 Å². The number of nitrogens with two attached hydrogens (primary N) is 1. The van der Waals surface area contributed by atoms with Crippen LogP contribution in [-0.2, 0) is 6.42 Å². The van der Waals surface area contributed by atoms with Crippen LogP contribution in [0.2, 0.25) is 0 Å². The summed E-state index contributed by atoms with van der Waals surface area (Å²) in [4.78, 5) is 0. The smallest absolute Gasteiger partial charge is 0.119 e. The lowest BCUT2D eigenvalue weighted by Crippen LogP contribution is -1.90. The van der Waals surface area contributed by atoms with Crippen LogP contribution in [0.4, 0.5) is 0 Å². The van der Waals surface area contributed by atoms with Gasteiger partial charge in [-0.15, -0.1) is 13.2 Å². The normalized spacial score (nSPS) is 8.36. The van der Waals surface area contributed by atoms with Gasteiger partial charge in [-0.3, -0.25) is 0 Å². The molecule has 0 atom stereocenters. The highest BCUT2D eigenvalue weighted by atomic mass is 16.3. The van der Waals surface area contributed by atoms with E-state index in [1.807, 2.05) is 18.2 Å². The third kappa shape index (κ3) is 5.17. The maximum atomic E-state index is 9.19. The lowest BCUT2D eigenvalue weighted by molar-refractivity contribution is 0.470. The van der Waals surface area contributed by atoms with Crippen molar-refractivity contribution in [3.8, 4) is 5.75 Å². The SMILES string of the molecule is C=CCN.C=CCc1ccccc1O. The first kappa shape index (κ1) is 12.5. The number of allylic oxidation sites excluding steroid dienone is 1. The summed E-state index contributed by atoms with van der Waals surface area (Å²) in [6.07, 6.45) is 4.15. The quantitative estimate of drug-likeness (QED) is 0.720. The van der Waals surface area contributed by atoms with Gasteiger partial charge in [0.05, 0.1) is 0 Å². The lowest BCUT2D eigenvalue weighted by atomic mass is 10.1. The molecule has 1 rings (SSSR count). The van der Waals surface area contributed by atoms with Crippen molar-refractivity contribution in [3.05, 3.63) is 55.1 Å². The van der Waals surface area contributed by atoms with Gasteiger partial charge in [0.1, 0.15) is 5.75 Å². The number of rotatable bonds is 3. The van der Waals surface area contributed by atoms with Crippen molar-refractivity contribution in [2.45, 2.75) is 6.42 Å². The second-order valence-electron chi connectivity index (χ2n) is 2.65. The predicted octanol–water partition coefficient (Wildman–Crippen LogP) is 2.25. The Morgan fingerprint density at radius 2 is 1.79 bits per heavy atom. The van der Waals surface area contributed by atoms with Crippen LogP contribution in [0.25, 0.3) is 0 Å². The van der Waals surface area contributed by atoms with E-state index in [1.165, 1.54) is 0 Å². The van der Waals surface area contributed by atoms with Gasteiger partial charge >= 0.3 is 0 Å². The zero-order valence-corrected chi connectivity index (χ0v) is 8.32. The molecule has 2 heteroatoms. The van der Waals surface area contributed by atoms with E-state index in [0.717, 1.165) is 12.0 Å². The number of phenols is 1. The van der Waals surface area contributed by atoms with Gasteiger partial charge in [0.15, 0.2) is 0 Å². The first-order chi connectivity index (χ1) is 6.76. The lowest BCUT2D eigenvalue weighted by Gasteiger charge is -1.97. The minimum atomic E-state index is 0.349. The van der Waals surface area contributed by atoms with Crippen LogP contribution in [0, 0.1) is 0 Å². The molecule has 0 unspecified atom stereocenters. The molecule has 0 aliphatic rings. The topological polar surface area (TPSA) is 46.2 Å². The van der Waals surface area contributed by atoms with E-state index in [2.05, 4.69) is 13.2 Å². The average molecular weight is 191 g/mol. The number of benzene rings is 1. The van der Waals surface area contributed by atoms with Gasteiger partial charge in [0, 0.05) is 6.54 Å². The molecule has 0 fully saturated rings. The van der Waals surface area contributed by atoms with Crippen LogP contribution < -0.4 is 5.73 Å². The van der Waals surface area contributed by atoms with E-state index in [1.54, 1.807) is 18.2 Å². The van der Waals surface area contributed by atoms with Crippen molar-refractivity contribution in [2.75, 3.05) is 6.54 Å². The predicted molar refractivity (Wildman–Crippen MR) is 61.3 cm³/mol. The van der Waals surface area contributed by atoms with Gasteiger partial charge in [-0.2, -0.15) is 0 Å². The van der Waals surface area contributed by atoms with Gasteiger partial charge in [-0.25, -0.2) is 0 Å². The second-order valence-corrected chi connectivity index (χ2v) is 2.65. The molecule has 3 N–H and O–H groups in total. The average Bonchev–Trinajstić information content (AvgIpc) is 2.22. The Morgan fingerprint density at radius 3 is 2.21 bits per heavy atom. The fourth-order valence-corrected chi connectivity index (χ4v) is 0.839. The van der Waals surface area contributed by atoms with Crippen molar-refractivity contribution < 1.29 is 5.11 Å². The summed E-state index contributed by atoms with van der Waals surface area (Å²) in [6.45, 7) is 7.52. The van der Waals surface area contributed by atoms with Crippen LogP contribution in [0.1, 0.15) is 5.56 Å². The van der Waals surface area contributed by atoms with E-state index in [4.69, 9.17) is 5.73 Å². The molecule has 2 nitrogen and oxygen atoms in total. The monoisotopic (exact) mass is 191 g/mol. The molecular weight excluding hydrogens is 174 g/mol. The number of hydrogen-bond acceptors (Lipinski definition) is 2. The summed E-state index contributed by atoms with van der Waals surface area (Å²) >= 11 is 0. The minimum absolute atomic E-state index is 0.349. The van der Waals surface area contributed by atoms with E-state index in [0.29, 0.717) is 12.3 Å². The molecule has 0 saturated carbocycles. The van der Waals surface area contributed by atoms with E-state index in [-0.39, 0.29) is 0 Å². The maximum Gasteiger partial charge on any atom is 0.119 e. The Balaban J connectivity index is 0.000000364. The fraction of sp³-hybridized carbons (Fsp3) is 0.167. The van der Waals surface area contributed by atoms with Crippen LogP contribution in [0.3, 0.4) is 0 Å². The molecule has 14 heavy (non-hydrogen) atoms. The van der Waals surface area contributed by atoms with Crippen molar-refractivity contribution in [1.29, 1.82) is 0 Å². The van der Waals surface area contributed by atoms with Crippen LogP contribution in [0.15, 0.2) is 49.6 Å². The Bertz CT molecular complexity index is 281. The van der Waals surface area contributed by atoms with Crippen molar-refractivity contribution in [3.63, 3.8) is 0 Å². The Hall–Kier alpha value is -1.54. The Morgan fingerprint density at radius 1 is 1.21 bits per heavy atom. The minimum Gasteiger partial charge on any atom is -0.508 e. The Kier molecular flexibility index (Phi) is 7.19. The molecule has 0 heterocycles. The maximum absolute atomic E-state index is 9.19. The first-order valence-corrected chi connectivity index (χ1v) is 4.45. The number of phenolic OH excluding ortho intramolecular Hbond substituents is 1. The van der Waals surface area contributed by atoms with Gasteiger partial charge in [-0.05, 0) is 18.1 Å². The van der Waals surface area contributed by atoms with Crippen molar-refractivity contribution in [2.24, 2.45) is 5.73 Å². The molecule has 0 saturated heterocycles. The molecule has 1 aromatic carbocycles. The molecule has 0 amide bonds. The van der Waals surface area contributed by atoms with E-state index in [9.17, 15) is 5.11 Å². The van der Waals surface area contributed by atoms with Crippen LogP contribution in [-0.4, -0.2) is 11.7 Å². The zero-order chi connectivity index (χ0) is 10.8. The third-order valence-corrected chi connectivity index (χ3v) is 1.52. The molecule has 0 radical (unpaired) electrons. The van der Waals surface area contributed by atoms with Crippen molar-refractivity contribution >= 4 is 0 Å². The highest BCUT2D eigenvalue weighted by molar-refractivity contribution is 5.32. The molecule has 1 aromatic rings. The first-order valence-electron chi connectivity index (χ1n) is 4.45. The number of hydrogen-bond donors (Lipinski definition) is 2. The summed E-state index contributed by atoms with van der Waals surface area (Å²) in [5, 5.41) is 9.19. The van der Waals surface area contributed by atoms with Gasteiger partial charge in [0.2, 0.25) is 0 Å². The van der Waals surface area contributed by atoms with Gasteiger partial charge < -0.3 is 10.8 Å². The molecular formula is C12H17NO. The molecule has 76 valence electrons. The van der Waals surface area contributed by atoms with Crippen LogP contribution in [0.5, 0.6) is 5.75 Å². The fourth-order valence-electron chi connectivity index (χ4n) is 0.839. The molecule has 0 bridgehead atoms. The molecule has 0 spiro atoms.